The fraction of sp³-hybridized carbons (Fsp3) is 0.0667. The Labute approximate surface area is 124 Å². The van der Waals surface area contributed by atoms with Gasteiger partial charge in [0.1, 0.15) is 0 Å². The van der Waals surface area contributed by atoms with Gasteiger partial charge in [0.25, 0.3) is 11.1 Å². The number of carbonyl (C=O) groups is 2. The Morgan fingerprint density at radius 3 is 2.50 bits per heavy atom. The van der Waals surface area contributed by atoms with E-state index in [1.165, 1.54) is 7.05 Å². The van der Waals surface area contributed by atoms with Crippen LogP contribution in [0, 0.1) is 0 Å². The number of thiophene rings is 1. The molecular weight excluding hydrogens is 290 g/mol. The van der Waals surface area contributed by atoms with Crippen LogP contribution in [0.2, 0.25) is 0 Å². The zero-order chi connectivity index (χ0) is 14.1. The molecule has 1 saturated heterocycles. The molecule has 2 amide bonds. The standard InChI is InChI=1S/C15H11NO2S2/c1-16-14(17)13(20-15(16)18)8-12-7-11(9-19-12)10-5-3-2-4-6-10/h2-9H,1H3. The lowest BCUT2D eigenvalue weighted by Gasteiger charge is -2.00. The van der Waals surface area contributed by atoms with Gasteiger partial charge in [-0.15, -0.1) is 11.3 Å². The summed E-state index contributed by atoms with van der Waals surface area (Å²) in [4.78, 5) is 25.9. The molecule has 100 valence electrons. The van der Waals surface area contributed by atoms with Crippen LogP contribution < -0.4 is 0 Å². The van der Waals surface area contributed by atoms with Crippen molar-refractivity contribution in [1.29, 1.82) is 0 Å². The van der Waals surface area contributed by atoms with Crippen molar-refractivity contribution in [2.75, 3.05) is 7.05 Å². The molecule has 0 atom stereocenters. The third-order valence-electron chi connectivity index (χ3n) is 2.99. The normalized spacial score (nSPS) is 17.2. The molecule has 0 aliphatic carbocycles. The minimum Gasteiger partial charge on any atom is -0.272 e. The fourth-order valence-electron chi connectivity index (χ4n) is 1.89. The highest BCUT2D eigenvalue weighted by atomic mass is 32.2. The van der Waals surface area contributed by atoms with E-state index < -0.39 is 0 Å². The third kappa shape index (κ3) is 2.42. The molecule has 1 aromatic heterocycles. The predicted molar refractivity (Wildman–Crippen MR) is 83.5 cm³/mol. The van der Waals surface area contributed by atoms with Crippen LogP contribution in [0.4, 0.5) is 4.79 Å². The summed E-state index contributed by atoms with van der Waals surface area (Å²) in [6, 6.07) is 12.1. The van der Waals surface area contributed by atoms with Crippen molar-refractivity contribution < 1.29 is 9.59 Å². The largest absolute Gasteiger partial charge is 0.293 e. The summed E-state index contributed by atoms with van der Waals surface area (Å²) in [5.41, 5.74) is 2.27. The molecule has 3 nitrogen and oxygen atoms in total. The summed E-state index contributed by atoms with van der Waals surface area (Å²) >= 11 is 2.55. The van der Waals surface area contributed by atoms with Crippen LogP contribution in [0.25, 0.3) is 17.2 Å². The van der Waals surface area contributed by atoms with Gasteiger partial charge in [0.15, 0.2) is 0 Å². The Morgan fingerprint density at radius 1 is 1.10 bits per heavy atom. The second kappa shape index (κ2) is 5.26. The van der Waals surface area contributed by atoms with Gasteiger partial charge in [-0.25, -0.2) is 0 Å². The van der Waals surface area contributed by atoms with E-state index in [0.29, 0.717) is 4.91 Å². The van der Waals surface area contributed by atoms with Gasteiger partial charge in [-0.3, -0.25) is 14.5 Å². The molecular formula is C15H11NO2S2. The lowest BCUT2D eigenvalue weighted by Crippen LogP contribution is -2.22. The maximum absolute atomic E-state index is 11.8. The zero-order valence-electron chi connectivity index (χ0n) is 10.7. The van der Waals surface area contributed by atoms with E-state index in [4.69, 9.17) is 0 Å². The Balaban J connectivity index is 1.89. The first kappa shape index (κ1) is 13.1. The SMILES string of the molecule is CN1C(=O)SC(=Cc2cc(-c3ccccc3)cs2)C1=O. The summed E-state index contributed by atoms with van der Waals surface area (Å²) in [7, 11) is 1.50. The number of carbonyl (C=O) groups excluding carboxylic acids is 2. The first-order valence-electron chi connectivity index (χ1n) is 6.00. The van der Waals surface area contributed by atoms with Gasteiger partial charge in [0.2, 0.25) is 0 Å². The number of hydrogen-bond donors (Lipinski definition) is 0. The molecule has 1 aromatic carbocycles. The highest BCUT2D eigenvalue weighted by Gasteiger charge is 2.31. The second-order valence-corrected chi connectivity index (χ2v) is 6.28. The maximum Gasteiger partial charge on any atom is 0.293 e. The van der Waals surface area contributed by atoms with Crippen molar-refractivity contribution in [2.45, 2.75) is 0 Å². The Bertz CT molecular complexity index is 704. The van der Waals surface area contributed by atoms with Gasteiger partial charge in [0, 0.05) is 11.9 Å². The van der Waals surface area contributed by atoms with E-state index in [1.54, 1.807) is 17.4 Å². The molecule has 0 saturated carbocycles. The number of imide groups is 1. The van der Waals surface area contributed by atoms with Gasteiger partial charge < -0.3 is 0 Å². The molecule has 0 spiro atoms. The van der Waals surface area contributed by atoms with Crippen molar-refractivity contribution in [3.8, 4) is 11.1 Å². The van der Waals surface area contributed by atoms with Crippen molar-refractivity contribution in [1.82, 2.24) is 4.90 Å². The van der Waals surface area contributed by atoms with Crippen molar-refractivity contribution in [2.24, 2.45) is 0 Å². The Morgan fingerprint density at radius 2 is 1.85 bits per heavy atom. The van der Waals surface area contributed by atoms with E-state index in [9.17, 15) is 9.59 Å². The fourth-order valence-corrected chi connectivity index (χ4v) is 3.63. The zero-order valence-corrected chi connectivity index (χ0v) is 12.3. The van der Waals surface area contributed by atoms with Gasteiger partial charge in [-0.1, -0.05) is 30.3 Å². The molecule has 0 radical (unpaired) electrons. The van der Waals surface area contributed by atoms with Crippen LogP contribution in [-0.4, -0.2) is 23.1 Å². The predicted octanol–water partition coefficient (Wildman–Crippen LogP) is 4.08. The average molecular weight is 301 g/mol. The minimum atomic E-state index is -0.227. The van der Waals surface area contributed by atoms with Crippen molar-refractivity contribution in [3.63, 3.8) is 0 Å². The lowest BCUT2D eigenvalue weighted by molar-refractivity contribution is -0.121. The molecule has 3 rings (SSSR count). The molecule has 1 aliphatic heterocycles. The summed E-state index contributed by atoms with van der Waals surface area (Å²) < 4.78 is 0. The molecule has 0 bridgehead atoms. The van der Waals surface area contributed by atoms with Crippen LogP contribution in [0.3, 0.4) is 0 Å². The molecule has 2 aromatic rings. The highest BCUT2D eigenvalue weighted by Crippen LogP contribution is 2.33. The molecule has 20 heavy (non-hydrogen) atoms. The quantitative estimate of drug-likeness (QED) is 0.784. The first-order valence-corrected chi connectivity index (χ1v) is 7.70. The number of rotatable bonds is 2. The molecule has 0 N–H and O–H groups in total. The third-order valence-corrected chi connectivity index (χ3v) is 4.83. The number of amides is 2. The van der Waals surface area contributed by atoms with Crippen molar-refractivity contribution >= 4 is 40.3 Å². The van der Waals surface area contributed by atoms with Gasteiger partial charge in [-0.05, 0) is 40.4 Å². The monoisotopic (exact) mass is 301 g/mol. The van der Waals surface area contributed by atoms with Crippen LogP contribution >= 0.6 is 23.1 Å². The lowest BCUT2D eigenvalue weighted by atomic mass is 10.1. The Hall–Kier alpha value is -1.85. The number of thioether (sulfide) groups is 1. The van der Waals surface area contributed by atoms with Crippen LogP contribution in [0.1, 0.15) is 4.88 Å². The van der Waals surface area contributed by atoms with E-state index in [2.05, 4.69) is 5.38 Å². The summed E-state index contributed by atoms with van der Waals surface area (Å²) in [6.45, 7) is 0. The maximum atomic E-state index is 11.8. The summed E-state index contributed by atoms with van der Waals surface area (Å²) in [5, 5.41) is 1.83. The molecule has 5 heteroatoms. The van der Waals surface area contributed by atoms with Gasteiger partial charge >= 0.3 is 0 Å². The van der Waals surface area contributed by atoms with Gasteiger partial charge in [0.05, 0.1) is 4.91 Å². The number of likely N-dealkylation sites (N-methyl/N-ethyl adjacent to an activating group) is 1. The molecule has 2 heterocycles. The number of nitrogens with zero attached hydrogens (tertiary/aromatic N) is 1. The topological polar surface area (TPSA) is 37.4 Å². The van der Waals surface area contributed by atoms with Crippen LogP contribution in [0.5, 0.6) is 0 Å². The van der Waals surface area contributed by atoms with E-state index in [-0.39, 0.29) is 11.1 Å². The van der Waals surface area contributed by atoms with Crippen molar-refractivity contribution in [3.05, 3.63) is 51.6 Å². The van der Waals surface area contributed by atoms with E-state index in [0.717, 1.165) is 32.7 Å². The highest BCUT2D eigenvalue weighted by molar-refractivity contribution is 8.18. The van der Waals surface area contributed by atoms with Crippen LogP contribution in [-0.2, 0) is 4.79 Å². The summed E-state index contributed by atoms with van der Waals surface area (Å²) in [5.74, 6) is -0.227. The molecule has 1 fully saturated rings. The van der Waals surface area contributed by atoms with E-state index in [1.807, 2.05) is 36.4 Å². The molecule has 1 aliphatic rings. The minimum absolute atomic E-state index is 0.221. The number of benzene rings is 1. The number of hydrogen-bond acceptors (Lipinski definition) is 4. The van der Waals surface area contributed by atoms with Gasteiger partial charge in [-0.2, -0.15) is 0 Å². The molecule has 0 unspecified atom stereocenters. The average Bonchev–Trinajstić information content (AvgIpc) is 3.02. The van der Waals surface area contributed by atoms with E-state index >= 15 is 0 Å². The Kier molecular flexibility index (Phi) is 3.46. The summed E-state index contributed by atoms with van der Waals surface area (Å²) in [6.07, 6.45) is 1.78. The smallest absolute Gasteiger partial charge is 0.272 e. The van der Waals surface area contributed by atoms with Crippen LogP contribution in [0.15, 0.2) is 46.7 Å². The first-order chi connectivity index (χ1) is 9.65. The second-order valence-electron chi connectivity index (χ2n) is 4.34.